The van der Waals surface area contributed by atoms with Crippen molar-refractivity contribution in [2.45, 2.75) is 0 Å². The second kappa shape index (κ2) is 2.90. The summed E-state index contributed by atoms with van der Waals surface area (Å²) >= 11 is 0. The maximum Gasteiger partial charge on any atom is 0.506 e. The van der Waals surface area contributed by atoms with E-state index in [9.17, 15) is 0 Å². The summed E-state index contributed by atoms with van der Waals surface area (Å²) in [6, 6.07) is 7.63. The lowest BCUT2D eigenvalue weighted by Gasteiger charge is -2.00. The molecule has 0 spiro atoms. The molecular weight excluding hydrogens is 165 g/mol. The molecule has 0 amide bonds. The minimum absolute atomic E-state index is 0.538. The summed E-state index contributed by atoms with van der Waals surface area (Å²) < 4.78 is 1.73. The van der Waals surface area contributed by atoms with Gasteiger partial charge in [0.15, 0.2) is 0 Å². The molecule has 0 aliphatic carbocycles. The van der Waals surface area contributed by atoms with E-state index in [1.807, 2.05) is 30.5 Å². The maximum atomic E-state index is 9.13. The lowest BCUT2D eigenvalue weighted by molar-refractivity contribution is 0.423. The van der Waals surface area contributed by atoms with Crippen molar-refractivity contribution in [3.05, 3.63) is 30.5 Å². The Morgan fingerprint density at radius 3 is 2.62 bits per heavy atom. The summed E-state index contributed by atoms with van der Waals surface area (Å²) in [6.45, 7) is 0. The molecule has 0 fully saturated rings. The number of aryl methyl sites for hydroxylation is 1. The quantitative estimate of drug-likeness (QED) is 0.592. The number of aromatic nitrogens is 1. The number of nitrogens with zero attached hydrogens (tertiary/aromatic N) is 1. The smallest absolute Gasteiger partial charge is 0.422 e. The molecule has 66 valence electrons. The first-order chi connectivity index (χ1) is 6.20. The lowest BCUT2D eigenvalue weighted by Crippen LogP contribution is -2.35. The van der Waals surface area contributed by atoms with Gasteiger partial charge in [0, 0.05) is 13.2 Å². The van der Waals surface area contributed by atoms with Gasteiger partial charge in [0.2, 0.25) is 0 Å². The van der Waals surface area contributed by atoms with Crippen LogP contribution in [0.5, 0.6) is 0 Å². The van der Waals surface area contributed by atoms with Gasteiger partial charge in [-0.15, -0.1) is 0 Å². The van der Waals surface area contributed by atoms with E-state index in [1.54, 1.807) is 11.6 Å². The fourth-order valence-electron chi connectivity index (χ4n) is 1.63. The molecule has 1 aromatic carbocycles. The molecule has 4 heteroatoms. The molecule has 2 rings (SSSR count). The summed E-state index contributed by atoms with van der Waals surface area (Å²) in [5.74, 6) is 0. The fourth-order valence-corrected chi connectivity index (χ4v) is 1.63. The average molecular weight is 175 g/mol. The normalized spacial score (nSPS) is 10.7. The molecule has 1 heterocycles. The first-order valence-electron chi connectivity index (χ1n) is 4.10. The third-order valence-electron chi connectivity index (χ3n) is 2.19. The van der Waals surface area contributed by atoms with Crippen molar-refractivity contribution in [2.75, 3.05) is 0 Å². The molecule has 0 atom stereocenters. The van der Waals surface area contributed by atoms with Gasteiger partial charge in [-0.1, -0.05) is 24.3 Å². The molecule has 13 heavy (non-hydrogen) atoms. The maximum absolute atomic E-state index is 9.13. The molecule has 2 aromatic rings. The van der Waals surface area contributed by atoms with Crippen molar-refractivity contribution in [1.82, 2.24) is 4.57 Å². The van der Waals surface area contributed by atoms with Gasteiger partial charge in [-0.05, 0) is 10.8 Å². The van der Waals surface area contributed by atoms with E-state index in [2.05, 4.69) is 0 Å². The molecule has 0 aliphatic rings. The van der Waals surface area contributed by atoms with Crippen LogP contribution in [-0.2, 0) is 7.05 Å². The first kappa shape index (κ1) is 8.35. The number of hydrogen-bond donors (Lipinski definition) is 2. The Morgan fingerprint density at radius 1 is 1.23 bits per heavy atom. The average Bonchev–Trinajstić information content (AvgIpc) is 2.39. The van der Waals surface area contributed by atoms with E-state index in [0.29, 0.717) is 5.59 Å². The second-order valence-electron chi connectivity index (χ2n) is 3.09. The van der Waals surface area contributed by atoms with Crippen molar-refractivity contribution in [1.29, 1.82) is 0 Å². The molecule has 2 N–H and O–H groups in total. The molecular formula is C9H10BNO2. The van der Waals surface area contributed by atoms with E-state index >= 15 is 0 Å². The SMILES string of the molecule is Cn1cc2ccccc2c1B(O)O. The summed E-state index contributed by atoms with van der Waals surface area (Å²) in [7, 11) is 0.388. The summed E-state index contributed by atoms with van der Waals surface area (Å²) in [4.78, 5) is 0. The van der Waals surface area contributed by atoms with Crippen LogP contribution in [0.15, 0.2) is 30.5 Å². The minimum atomic E-state index is -1.41. The third-order valence-corrected chi connectivity index (χ3v) is 2.19. The lowest BCUT2D eigenvalue weighted by atomic mass is 9.83. The van der Waals surface area contributed by atoms with E-state index in [1.165, 1.54) is 0 Å². The van der Waals surface area contributed by atoms with Crippen LogP contribution in [0.2, 0.25) is 0 Å². The zero-order chi connectivity index (χ0) is 9.42. The van der Waals surface area contributed by atoms with Gasteiger partial charge >= 0.3 is 7.12 Å². The van der Waals surface area contributed by atoms with Gasteiger partial charge in [-0.2, -0.15) is 0 Å². The Balaban J connectivity index is 2.78. The van der Waals surface area contributed by atoms with E-state index < -0.39 is 7.12 Å². The summed E-state index contributed by atoms with van der Waals surface area (Å²) in [6.07, 6.45) is 1.88. The van der Waals surface area contributed by atoms with Crippen LogP contribution in [0, 0.1) is 0 Å². The monoisotopic (exact) mass is 175 g/mol. The number of rotatable bonds is 1. The van der Waals surface area contributed by atoms with Gasteiger partial charge in [0.1, 0.15) is 0 Å². The van der Waals surface area contributed by atoms with Gasteiger partial charge in [-0.25, -0.2) is 0 Å². The highest BCUT2D eigenvalue weighted by Crippen LogP contribution is 2.11. The Hall–Kier alpha value is -1.26. The van der Waals surface area contributed by atoms with Gasteiger partial charge in [0.05, 0.1) is 5.59 Å². The van der Waals surface area contributed by atoms with Gasteiger partial charge < -0.3 is 14.6 Å². The largest absolute Gasteiger partial charge is 0.506 e. The molecule has 0 unspecified atom stereocenters. The second-order valence-corrected chi connectivity index (χ2v) is 3.09. The molecule has 0 radical (unpaired) electrons. The van der Waals surface area contributed by atoms with Crippen molar-refractivity contribution < 1.29 is 10.0 Å². The zero-order valence-corrected chi connectivity index (χ0v) is 7.31. The van der Waals surface area contributed by atoms with Crippen LogP contribution < -0.4 is 5.59 Å². The van der Waals surface area contributed by atoms with Crippen LogP contribution in [0.3, 0.4) is 0 Å². The molecule has 0 saturated carbocycles. The number of benzene rings is 1. The predicted molar refractivity (Wildman–Crippen MR) is 52.7 cm³/mol. The zero-order valence-electron chi connectivity index (χ0n) is 7.31. The topological polar surface area (TPSA) is 45.4 Å². The minimum Gasteiger partial charge on any atom is -0.422 e. The fraction of sp³-hybridized carbons (Fsp3) is 0.111. The van der Waals surface area contributed by atoms with Crippen LogP contribution in [0.25, 0.3) is 10.8 Å². The molecule has 0 bridgehead atoms. The Kier molecular flexibility index (Phi) is 1.86. The number of hydrogen-bond acceptors (Lipinski definition) is 2. The standard InChI is InChI=1S/C9H10BNO2/c1-11-6-7-4-2-3-5-8(7)9(11)10(12)13/h2-6,12-13H,1H3. The number of fused-ring (bicyclic) bond motifs is 1. The van der Waals surface area contributed by atoms with E-state index in [0.717, 1.165) is 10.8 Å². The van der Waals surface area contributed by atoms with Gasteiger partial charge in [-0.3, -0.25) is 0 Å². The van der Waals surface area contributed by atoms with Crippen molar-refractivity contribution in [3.8, 4) is 0 Å². The Labute approximate surface area is 76.4 Å². The Bertz CT molecular complexity index is 436. The van der Waals surface area contributed by atoms with Crippen molar-refractivity contribution in [3.63, 3.8) is 0 Å². The molecule has 0 saturated heterocycles. The highest BCUT2D eigenvalue weighted by molar-refractivity contribution is 6.61. The van der Waals surface area contributed by atoms with Crippen LogP contribution in [0.4, 0.5) is 0 Å². The Morgan fingerprint density at radius 2 is 1.92 bits per heavy atom. The third kappa shape index (κ3) is 1.24. The summed E-state index contributed by atoms with van der Waals surface area (Å²) in [5, 5.41) is 20.2. The van der Waals surface area contributed by atoms with Crippen molar-refractivity contribution >= 4 is 23.5 Å². The molecule has 3 nitrogen and oxygen atoms in total. The first-order valence-corrected chi connectivity index (χ1v) is 4.10. The summed E-state index contributed by atoms with van der Waals surface area (Å²) in [5.41, 5.74) is 0.538. The van der Waals surface area contributed by atoms with Crippen LogP contribution >= 0.6 is 0 Å². The predicted octanol–water partition coefficient (Wildman–Crippen LogP) is -0.142. The highest BCUT2D eigenvalue weighted by atomic mass is 16.4. The highest BCUT2D eigenvalue weighted by Gasteiger charge is 2.18. The van der Waals surface area contributed by atoms with Crippen LogP contribution in [-0.4, -0.2) is 21.7 Å². The van der Waals surface area contributed by atoms with E-state index in [-0.39, 0.29) is 0 Å². The molecule has 1 aromatic heterocycles. The van der Waals surface area contributed by atoms with E-state index in [4.69, 9.17) is 10.0 Å². The van der Waals surface area contributed by atoms with Crippen molar-refractivity contribution in [2.24, 2.45) is 7.05 Å². The molecule has 0 aliphatic heterocycles. The van der Waals surface area contributed by atoms with Gasteiger partial charge in [0.25, 0.3) is 0 Å². The van der Waals surface area contributed by atoms with Crippen LogP contribution in [0.1, 0.15) is 0 Å².